The van der Waals surface area contributed by atoms with Crippen LogP contribution >= 0.6 is 0 Å². The molecule has 0 saturated heterocycles. The first kappa shape index (κ1) is 31.9. The average Bonchev–Trinajstić information content (AvgIpc) is 3.38. The van der Waals surface area contributed by atoms with Crippen molar-refractivity contribution in [1.82, 2.24) is 4.98 Å². The smallest absolute Gasteiger partial charge is 1.00 e. The summed E-state index contributed by atoms with van der Waals surface area (Å²) in [6.07, 6.45) is 1.65. The summed E-state index contributed by atoms with van der Waals surface area (Å²) in [6, 6.07) is 26.6. The molecule has 3 aromatic rings. The molecule has 9 heteroatoms. The van der Waals surface area contributed by atoms with Gasteiger partial charge in [0.15, 0.2) is 0 Å². The summed E-state index contributed by atoms with van der Waals surface area (Å²) < 4.78 is 11.9. The standard InChI is InChI=1S/C27H27N3O2.3ClH.Co/c1-26(16-20-10-5-3-6-11-20)18-31-24(29-26)22-14-9-15-23(28-22)25-30-27(2,19-32-25)17-21-12-7-4-8-13-21;;;;/h3-15H,16-19H2,1-2H3;3*1H;/q;;;;+3/p-3. The van der Waals surface area contributed by atoms with Crippen LogP contribution in [0.4, 0.5) is 0 Å². The van der Waals surface area contributed by atoms with Crippen molar-refractivity contribution in [2.24, 2.45) is 9.98 Å². The van der Waals surface area contributed by atoms with E-state index in [1.54, 1.807) is 0 Å². The van der Waals surface area contributed by atoms with Crippen LogP contribution in [0.15, 0.2) is 88.8 Å². The molecule has 0 bridgehead atoms. The van der Waals surface area contributed by atoms with Gasteiger partial charge in [-0.25, -0.2) is 15.0 Å². The van der Waals surface area contributed by atoms with E-state index in [0.717, 1.165) is 12.8 Å². The van der Waals surface area contributed by atoms with Crippen LogP contribution in [0.1, 0.15) is 36.4 Å². The molecule has 3 heterocycles. The first-order valence-corrected chi connectivity index (χ1v) is 11.0. The zero-order chi connectivity index (χ0) is 22.0. The van der Waals surface area contributed by atoms with Crippen molar-refractivity contribution in [1.29, 1.82) is 0 Å². The van der Waals surface area contributed by atoms with Crippen LogP contribution in [0.25, 0.3) is 0 Å². The number of ether oxygens (including phenoxy) is 2. The Hall–Kier alpha value is -2.09. The van der Waals surface area contributed by atoms with Crippen molar-refractivity contribution in [2.45, 2.75) is 37.8 Å². The number of benzene rings is 2. The van der Waals surface area contributed by atoms with Gasteiger partial charge in [0.2, 0.25) is 11.8 Å². The second-order valence-corrected chi connectivity index (χ2v) is 9.14. The van der Waals surface area contributed by atoms with Crippen molar-refractivity contribution in [3.05, 3.63) is 101 Å². The quantitative estimate of drug-likeness (QED) is 0.292. The topological polar surface area (TPSA) is 56.1 Å². The summed E-state index contributed by atoms with van der Waals surface area (Å²) in [6.45, 7) is 5.32. The molecule has 0 N–H and O–H groups in total. The summed E-state index contributed by atoms with van der Waals surface area (Å²) in [7, 11) is 0. The SMILES string of the molecule is CC1(Cc2ccccc2)COC(c2cccc(C3=NC(C)(Cc4ccccc4)CO3)n2)=N1.[Cl-].[Cl-].[Cl-].[Co+3]. The Balaban J connectivity index is 0.00000162. The van der Waals surface area contributed by atoms with Gasteiger partial charge < -0.3 is 46.7 Å². The fraction of sp³-hybridized carbons (Fsp3) is 0.296. The van der Waals surface area contributed by atoms with Crippen LogP contribution in [0, 0.1) is 0 Å². The molecule has 0 amide bonds. The average molecular weight is 591 g/mol. The van der Waals surface area contributed by atoms with Gasteiger partial charge in [-0.3, -0.25) is 0 Å². The largest absolute Gasteiger partial charge is 3.00 e. The molecule has 2 unspecified atom stereocenters. The molecule has 5 nitrogen and oxygen atoms in total. The van der Waals surface area contributed by atoms with Crippen LogP contribution < -0.4 is 37.2 Å². The monoisotopic (exact) mass is 589 g/mol. The van der Waals surface area contributed by atoms with E-state index in [1.165, 1.54) is 11.1 Å². The first-order valence-electron chi connectivity index (χ1n) is 11.0. The van der Waals surface area contributed by atoms with Crippen LogP contribution in [0.2, 0.25) is 0 Å². The second kappa shape index (κ2) is 13.5. The Labute approximate surface area is 241 Å². The summed E-state index contributed by atoms with van der Waals surface area (Å²) in [5.41, 5.74) is 3.31. The summed E-state index contributed by atoms with van der Waals surface area (Å²) in [5.74, 6) is 1.16. The predicted molar refractivity (Wildman–Crippen MR) is 126 cm³/mol. The normalized spacial score (nSPS) is 21.7. The van der Waals surface area contributed by atoms with Gasteiger partial charge in [-0.15, -0.1) is 0 Å². The van der Waals surface area contributed by atoms with Crippen LogP contribution in [-0.4, -0.2) is 41.1 Å². The Morgan fingerprint density at radius 1 is 0.611 bits per heavy atom. The second-order valence-electron chi connectivity index (χ2n) is 9.14. The van der Waals surface area contributed by atoms with E-state index in [1.807, 2.05) is 30.3 Å². The molecule has 0 aliphatic carbocycles. The van der Waals surface area contributed by atoms with Gasteiger partial charge in [0.1, 0.15) is 24.6 Å². The Bertz CT molecular complexity index is 1090. The molecule has 1 aromatic heterocycles. The van der Waals surface area contributed by atoms with Crippen LogP contribution in [0.3, 0.4) is 0 Å². The van der Waals surface area contributed by atoms with Crippen molar-refractivity contribution in [3.8, 4) is 0 Å². The van der Waals surface area contributed by atoms with Gasteiger partial charge >= 0.3 is 16.8 Å². The Kier molecular flexibility index (Phi) is 11.9. The number of aromatic nitrogens is 1. The Morgan fingerprint density at radius 3 is 1.39 bits per heavy atom. The minimum atomic E-state index is -0.302. The van der Waals surface area contributed by atoms with Crippen LogP contribution in [0.5, 0.6) is 0 Å². The van der Waals surface area contributed by atoms with E-state index < -0.39 is 0 Å². The molecule has 2 aromatic carbocycles. The van der Waals surface area contributed by atoms with E-state index in [4.69, 9.17) is 24.4 Å². The van der Waals surface area contributed by atoms with E-state index in [0.29, 0.717) is 36.4 Å². The molecule has 2 atom stereocenters. The summed E-state index contributed by atoms with van der Waals surface area (Å²) >= 11 is 0. The Morgan fingerprint density at radius 2 is 1.00 bits per heavy atom. The number of rotatable bonds is 6. The van der Waals surface area contributed by atoms with Gasteiger partial charge in [0, 0.05) is 12.8 Å². The van der Waals surface area contributed by atoms with Gasteiger partial charge in [-0.05, 0) is 37.1 Å². The maximum absolute atomic E-state index is 5.97. The molecular weight excluding hydrogens is 564 g/mol. The molecule has 192 valence electrons. The number of aliphatic imine (C=N–C) groups is 2. The molecular formula is C27H27Cl3CoN3O2. The third-order valence-electron chi connectivity index (χ3n) is 5.83. The molecule has 0 spiro atoms. The summed E-state index contributed by atoms with van der Waals surface area (Å²) in [4.78, 5) is 14.5. The predicted octanol–water partition coefficient (Wildman–Crippen LogP) is -4.35. The zero-order valence-corrected chi connectivity index (χ0v) is 23.3. The number of nitrogens with zero attached hydrogens (tertiary/aromatic N) is 3. The number of halogens is 3. The molecule has 36 heavy (non-hydrogen) atoms. The van der Waals surface area contributed by atoms with Crippen LogP contribution in [-0.2, 0) is 39.1 Å². The minimum Gasteiger partial charge on any atom is -1.00 e. The fourth-order valence-electron chi connectivity index (χ4n) is 4.25. The third-order valence-corrected chi connectivity index (χ3v) is 5.83. The maximum Gasteiger partial charge on any atom is 3.00 e. The van der Waals surface area contributed by atoms with Gasteiger partial charge in [0.05, 0.1) is 11.1 Å². The van der Waals surface area contributed by atoms with E-state index in [2.05, 4.69) is 62.4 Å². The zero-order valence-electron chi connectivity index (χ0n) is 20.0. The number of pyridine rings is 1. The molecule has 2 aliphatic rings. The van der Waals surface area contributed by atoms with Gasteiger partial charge in [0.25, 0.3) is 0 Å². The van der Waals surface area contributed by atoms with E-state index >= 15 is 0 Å². The minimum absolute atomic E-state index is 0. The third kappa shape index (κ3) is 7.46. The number of hydrogen-bond acceptors (Lipinski definition) is 5. The molecule has 2 aliphatic heterocycles. The summed E-state index contributed by atoms with van der Waals surface area (Å²) in [5, 5.41) is 0. The fourth-order valence-corrected chi connectivity index (χ4v) is 4.25. The van der Waals surface area contributed by atoms with Crippen molar-refractivity contribution in [2.75, 3.05) is 13.2 Å². The first-order chi connectivity index (χ1) is 15.5. The van der Waals surface area contributed by atoms with Crippen molar-refractivity contribution >= 4 is 11.8 Å². The van der Waals surface area contributed by atoms with Crippen molar-refractivity contribution in [3.63, 3.8) is 0 Å². The maximum atomic E-state index is 5.97. The molecule has 0 fully saturated rings. The van der Waals surface area contributed by atoms with Gasteiger partial charge in [-0.1, -0.05) is 66.7 Å². The van der Waals surface area contributed by atoms with E-state index in [-0.39, 0.29) is 65.1 Å². The molecule has 0 saturated carbocycles. The molecule has 5 rings (SSSR count). The van der Waals surface area contributed by atoms with Crippen molar-refractivity contribution < 1.29 is 63.5 Å². The van der Waals surface area contributed by atoms with E-state index in [9.17, 15) is 0 Å². The molecule has 0 radical (unpaired) electrons. The number of hydrogen-bond donors (Lipinski definition) is 0. The van der Waals surface area contributed by atoms with Gasteiger partial charge in [-0.2, -0.15) is 0 Å².